The van der Waals surface area contributed by atoms with E-state index in [0.29, 0.717) is 25.9 Å². The Morgan fingerprint density at radius 2 is 2.19 bits per heavy atom. The zero-order valence-electron chi connectivity index (χ0n) is 16.0. The second-order valence-corrected chi connectivity index (χ2v) is 8.26. The molecular weight excluding hydrogens is 372 g/mol. The average Bonchev–Trinajstić information content (AvgIpc) is 3.15. The van der Waals surface area contributed by atoms with Crippen LogP contribution in [0, 0.1) is 12.3 Å². The molecule has 27 heavy (non-hydrogen) atoms. The van der Waals surface area contributed by atoms with Crippen molar-refractivity contribution in [3.8, 4) is 12.3 Å². The molecule has 2 aliphatic heterocycles. The summed E-state index contributed by atoms with van der Waals surface area (Å²) in [5, 5.41) is 0. The molecule has 0 aromatic heterocycles. The van der Waals surface area contributed by atoms with Gasteiger partial charge in [0.2, 0.25) is 0 Å². The Hall–Kier alpha value is -1.39. The standard InChI is InChI=1S/C20H27ClO6/c1-6-8-9-13-10-14(18(25-13)15-12-24-19(3,4)27-15)26-17(23)11-16(22)20(5,21)7-2/h1,7,13-15,18H,2,8-12H2,3-5H3/t13-,14-,15+,18+,20?/m1/s1. The van der Waals surface area contributed by atoms with Gasteiger partial charge in [-0.05, 0) is 27.2 Å². The molecule has 1 unspecified atom stereocenters. The van der Waals surface area contributed by atoms with E-state index in [2.05, 4.69) is 12.5 Å². The molecule has 0 bridgehead atoms. The first kappa shape index (κ1) is 21.9. The molecule has 2 rings (SSSR count). The zero-order chi connectivity index (χ0) is 20.2. The molecule has 0 saturated carbocycles. The van der Waals surface area contributed by atoms with Gasteiger partial charge in [-0.25, -0.2) is 0 Å². The Morgan fingerprint density at radius 3 is 2.74 bits per heavy atom. The summed E-state index contributed by atoms with van der Waals surface area (Å²) in [6.07, 6.45) is 6.39. The third-order valence-corrected chi connectivity index (χ3v) is 5.10. The fourth-order valence-electron chi connectivity index (χ4n) is 3.14. The molecule has 0 aliphatic carbocycles. The minimum Gasteiger partial charge on any atom is -0.459 e. The van der Waals surface area contributed by atoms with Crippen LogP contribution in [-0.4, -0.2) is 53.4 Å². The predicted molar refractivity (Wildman–Crippen MR) is 100 cm³/mol. The van der Waals surface area contributed by atoms with Crippen LogP contribution < -0.4 is 0 Å². The smallest absolute Gasteiger partial charge is 0.313 e. The minimum atomic E-state index is -1.30. The van der Waals surface area contributed by atoms with E-state index < -0.39 is 41.0 Å². The molecule has 0 radical (unpaired) electrons. The number of ketones is 1. The van der Waals surface area contributed by atoms with Gasteiger partial charge in [-0.1, -0.05) is 6.08 Å². The maximum Gasteiger partial charge on any atom is 0.313 e. The Bertz CT molecular complexity index is 620. The molecule has 2 aliphatic rings. The quantitative estimate of drug-likeness (QED) is 0.206. The van der Waals surface area contributed by atoms with Crippen LogP contribution in [-0.2, 0) is 28.5 Å². The van der Waals surface area contributed by atoms with Crippen LogP contribution in [0.5, 0.6) is 0 Å². The number of hydrogen-bond donors (Lipinski definition) is 0. The monoisotopic (exact) mass is 398 g/mol. The molecule has 0 amide bonds. The van der Waals surface area contributed by atoms with Crippen molar-refractivity contribution < 1.29 is 28.5 Å². The van der Waals surface area contributed by atoms with Gasteiger partial charge in [0.25, 0.3) is 0 Å². The maximum atomic E-state index is 12.3. The Kier molecular flexibility index (Phi) is 7.09. The fraction of sp³-hybridized carbons (Fsp3) is 0.700. The van der Waals surface area contributed by atoms with E-state index in [1.807, 2.05) is 13.8 Å². The van der Waals surface area contributed by atoms with E-state index in [4.69, 9.17) is 37.0 Å². The summed E-state index contributed by atoms with van der Waals surface area (Å²) in [7, 11) is 0. The first-order valence-corrected chi connectivity index (χ1v) is 9.41. The van der Waals surface area contributed by atoms with Crippen molar-refractivity contribution in [2.45, 2.75) is 81.5 Å². The normalized spacial score (nSPS) is 31.7. The lowest BCUT2D eigenvalue weighted by molar-refractivity contribution is -0.171. The topological polar surface area (TPSA) is 71.1 Å². The molecule has 5 atom stereocenters. The first-order chi connectivity index (χ1) is 12.6. The lowest BCUT2D eigenvalue weighted by atomic mass is 10.0. The number of terminal acetylenes is 1. The number of alkyl halides is 1. The molecule has 0 aromatic rings. The highest BCUT2D eigenvalue weighted by Gasteiger charge is 2.48. The zero-order valence-corrected chi connectivity index (χ0v) is 16.8. The van der Waals surface area contributed by atoms with E-state index in [0.717, 1.165) is 0 Å². The second-order valence-electron chi connectivity index (χ2n) is 7.48. The van der Waals surface area contributed by atoms with Crippen molar-refractivity contribution in [2.75, 3.05) is 6.61 Å². The largest absolute Gasteiger partial charge is 0.459 e. The Labute approximate surface area is 165 Å². The third kappa shape index (κ3) is 5.79. The van der Waals surface area contributed by atoms with Gasteiger partial charge in [0.05, 0.1) is 12.7 Å². The number of hydrogen-bond acceptors (Lipinski definition) is 6. The molecular formula is C20H27ClO6. The number of allylic oxidation sites excluding steroid dienone is 1. The summed E-state index contributed by atoms with van der Waals surface area (Å²) in [5.41, 5.74) is 0. The fourth-order valence-corrected chi connectivity index (χ4v) is 3.20. The molecule has 150 valence electrons. The molecule has 7 heteroatoms. The molecule has 2 fully saturated rings. The Morgan fingerprint density at radius 1 is 1.48 bits per heavy atom. The van der Waals surface area contributed by atoms with Gasteiger partial charge in [0.15, 0.2) is 11.6 Å². The minimum absolute atomic E-state index is 0.140. The summed E-state index contributed by atoms with van der Waals surface area (Å²) in [5.74, 6) is 0.745. The summed E-state index contributed by atoms with van der Waals surface area (Å²) in [6.45, 7) is 8.96. The van der Waals surface area contributed by atoms with Gasteiger partial charge < -0.3 is 18.9 Å². The molecule has 0 N–H and O–H groups in total. The maximum absolute atomic E-state index is 12.3. The van der Waals surface area contributed by atoms with Crippen LogP contribution in [0.15, 0.2) is 12.7 Å². The van der Waals surface area contributed by atoms with E-state index >= 15 is 0 Å². The number of halogens is 1. The molecule has 6 nitrogen and oxygen atoms in total. The predicted octanol–water partition coefficient (Wildman–Crippen LogP) is 2.76. The SMILES string of the molecule is C#CCC[C@@H]1C[C@@H](OC(=O)CC(=O)C(C)(Cl)C=C)[C@@H]([C@@H]2COC(C)(C)O2)O1. The Balaban J connectivity index is 2.02. The third-order valence-electron chi connectivity index (χ3n) is 4.73. The summed E-state index contributed by atoms with van der Waals surface area (Å²) in [6, 6.07) is 0. The van der Waals surface area contributed by atoms with E-state index in [1.54, 1.807) is 0 Å². The molecule has 0 aromatic carbocycles. The lowest BCUT2D eigenvalue weighted by Gasteiger charge is -2.25. The summed E-state index contributed by atoms with van der Waals surface area (Å²) < 4.78 is 23.1. The van der Waals surface area contributed by atoms with Crippen LogP contribution >= 0.6 is 11.6 Å². The van der Waals surface area contributed by atoms with Crippen LogP contribution in [0.2, 0.25) is 0 Å². The highest BCUT2D eigenvalue weighted by atomic mass is 35.5. The van der Waals surface area contributed by atoms with Crippen molar-refractivity contribution in [3.05, 3.63) is 12.7 Å². The van der Waals surface area contributed by atoms with Crippen LogP contribution in [0.1, 0.15) is 46.5 Å². The van der Waals surface area contributed by atoms with Crippen molar-refractivity contribution >= 4 is 23.4 Å². The van der Waals surface area contributed by atoms with Crippen LogP contribution in [0.25, 0.3) is 0 Å². The number of Topliss-reactive ketones (excluding diaryl/α,β-unsaturated/α-hetero) is 1. The van der Waals surface area contributed by atoms with Gasteiger partial charge in [0, 0.05) is 12.8 Å². The lowest BCUT2D eigenvalue weighted by Crippen LogP contribution is -2.40. The summed E-state index contributed by atoms with van der Waals surface area (Å²) >= 11 is 6.02. The van der Waals surface area contributed by atoms with Gasteiger partial charge in [-0.3, -0.25) is 9.59 Å². The number of carbonyl (C=O) groups is 2. The van der Waals surface area contributed by atoms with Gasteiger partial charge in [-0.2, -0.15) is 0 Å². The second kappa shape index (κ2) is 8.74. The van der Waals surface area contributed by atoms with Gasteiger partial charge in [-0.15, -0.1) is 30.5 Å². The number of rotatable bonds is 8. The number of ether oxygens (including phenoxy) is 4. The van der Waals surface area contributed by atoms with Gasteiger partial charge in [0.1, 0.15) is 29.6 Å². The molecule has 2 heterocycles. The molecule has 2 saturated heterocycles. The van der Waals surface area contributed by atoms with E-state index in [1.165, 1.54) is 13.0 Å². The van der Waals surface area contributed by atoms with Crippen LogP contribution in [0.4, 0.5) is 0 Å². The number of carbonyl (C=O) groups excluding carboxylic acids is 2. The van der Waals surface area contributed by atoms with Crippen molar-refractivity contribution in [1.82, 2.24) is 0 Å². The highest BCUT2D eigenvalue weighted by Crippen LogP contribution is 2.35. The summed E-state index contributed by atoms with van der Waals surface area (Å²) in [4.78, 5) is 23.1. The van der Waals surface area contributed by atoms with Crippen molar-refractivity contribution in [3.63, 3.8) is 0 Å². The van der Waals surface area contributed by atoms with Crippen LogP contribution in [0.3, 0.4) is 0 Å². The van der Waals surface area contributed by atoms with Gasteiger partial charge >= 0.3 is 5.97 Å². The van der Waals surface area contributed by atoms with E-state index in [9.17, 15) is 9.59 Å². The highest BCUT2D eigenvalue weighted by molar-refractivity contribution is 6.37. The van der Waals surface area contributed by atoms with Crippen molar-refractivity contribution in [1.29, 1.82) is 0 Å². The number of esters is 1. The molecule has 0 spiro atoms. The van der Waals surface area contributed by atoms with E-state index in [-0.39, 0.29) is 12.2 Å². The van der Waals surface area contributed by atoms with Crippen molar-refractivity contribution in [2.24, 2.45) is 0 Å². The first-order valence-electron chi connectivity index (χ1n) is 9.04. The average molecular weight is 399 g/mol.